The van der Waals surface area contributed by atoms with Gasteiger partial charge in [0.25, 0.3) is 5.89 Å². The molecule has 2 aromatic heterocycles. The number of H-pyrrole nitrogens is 1. The normalized spacial score (nSPS) is 11.0. The first-order valence-electron chi connectivity index (χ1n) is 8.88. The molecule has 0 saturated heterocycles. The third-order valence-corrected chi connectivity index (χ3v) is 4.35. The van der Waals surface area contributed by atoms with Crippen molar-refractivity contribution in [1.29, 1.82) is 0 Å². The SMILES string of the molecule is O=C(CCCc1c[nH]c2ccccc12)OCc1nnc(-c2ccccc2)o1. The summed E-state index contributed by atoms with van der Waals surface area (Å²) in [7, 11) is 0. The van der Waals surface area contributed by atoms with Gasteiger partial charge in [-0.3, -0.25) is 4.79 Å². The van der Waals surface area contributed by atoms with E-state index in [0.29, 0.717) is 18.2 Å². The third-order valence-electron chi connectivity index (χ3n) is 4.35. The first-order chi connectivity index (χ1) is 13.3. The van der Waals surface area contributed by atoms with Gasteiger partial charge in [0.15, 0.2) is 6.61 Å². The minimum atomic E-state index is -0.269. The van der Waals surface area contributed by atoms with Crippen molar-refractivity contribution in [2.24, 2.45) is 0 Å². The number of aryl methyl sites for hydroxylation is 1. The van der Waals surface area contributed by atoms with Crippen LogP contribution in [0.4, 0.5) is 0 Å². The van der Waals surface area contributed by atoms with Crippen LogP contribution in [0.1, 0.15) is 24.3 Å². The van der Waals surface area contributed by atoms with Gasteiger partial charge < -0.3 is 14.1 Å². The van der Waals surface area contributed by atoms with Crippen LogP contribution in [0.15, 0.2) is 65.2 Å². The zero-order valence-corrected chi connectivity index (χ0v) is 14.7. The second-order valence-electron chi connectivity index (χ2n) is 6.24. The molecule has 0 unspecified atom stereocenters. The summed E-state index contributed by atoms with van der Waals surface area (Å²) >= 11 is 0. The van der Waals surface area contributed by atoms with Crippen molar-refractivity contribution in [2.75, 3.05) is 0 Å². The maximum atomic E-state index is 12.0. The summed E-state index contributed by atoms with van der Waals surface area (Å²) in [6.45, 7) is -0.00818. The summed E-state index contributed by atoms with van der Waals surface area (Å²) in [5.41, 5.74) is 3.16. The molecule has 27 heavy (non-hydrogen) atoms. The number of carbonyl (C=O) groups is 1. The molecule has 2 heterocycles. The van der Waals surface area contributed by atoms with E-state index < -0.39 is 0 Å². The molecule has 6 heteroatoms. The van der Waals surface area contributed by atoms with E-state index in [1.54, 1.807) is 0 Å². The molecule has 4 aromatic rings. The van der Waals surface area contributed by atoms with Gasteiger partial charge in [0, 0.05) is 29.1 Å². The summed E-state index contributed by atoms with van der Waals surface area (Å²) < 4.78 is 10.8. The second kappa shape index (κ2) is 7.86. The van der Waals surface area contributed by atoms with E-state index in [0.717, 1.165) is 23.9 Å². The van der Waals surface area contributed by atoms with E-state index in [9.17, 15) is 4.79 Å². The van der Waals surface area contributed by atoms with E-state index in [1.807, 2.05) is 54.7 Å². The molecule has 6 nitrogen and oxygen atoms in total. The molecule has 0 aliphatic heterocycles. The number of para-hydroxylation sites is 1. The maximum absolute atomic E-state index is 12.0. The number of hydrogen-bond acceptors (Lipinski definition) is 5. The lowest BCUT2D eigenvalue weighted by Crippen LogP contribution is -2.05. The van der Waals surface area contributed by atoms with Gasteiger partial charge in [0.1, 0.15) is 0 Å². The van der Waals surface area contributed by atoms with Gasteiger partial charge in [0.05, 0.1) is 0 Å². The molecule has 0 saturated carbocycles. The van der Waals surface area contributed by atoms with Gasteiger partial charge in [0.2, 0.25) is 5.89 Å². The van der Waals surface area contributed by atoms with Crippen LogP contribution in [0.3, 0.4) is 0 Å². The highest BCUT2D eigenvalue weighted by atomic mass is 16.5. The van der Waals surface area contributed by atoms with Crippen LogP contribution in [0.25, 0.3) is 22.4 Å². The number of hydrogen-bond donors (Lipinski definition) is 1. The fourth-order valence-corrected chi connectivity index (χ4v) is 2.99. The zero-order valence-electron chi connectivity index (χ0n) is 14.7. The summed E-state index contributed by atoms with van der Waals surface area (Å²) in [5, 5.41) is 9.10. The van der Waals surface area contributed by atoms with Crippen molar-refractivity contribution in [3.05, 3.63) is 72.2 Å². The predicted molar refractivity (Wildman–Crippen MR) is 101 cm³/mol. The first kappa shape index (κ1) is 17.0. The van der Waals surface area contributed by atoms with Crippen molar-refractivity contribution in [1.82, 2.24) is 15.2 Å². The molecule has 0 bridgehead atoms. The van der Waals surface area contributed by atoms with Crippen LogP contribution in [-0.2, 0) is 22.6 Å². The third kappa shape index (κ3) is 4.06. The van der Waals surface area contributed by atoms with Crippen molar-refractivity contribution < 1.29 is 13.9 Å². The van der Waals surface area contributed by atoms with Gasteiger partial charge >= 0.3 is 5.97 Å². The topological polar surface area (TPSA) is 81.0 Å². The van der Waals surface area contributed by atoms with Crippen LogP contribution < -0.4 is 0 Å². The minimum absolute atomic E-state index is 0.00818. The molecule has 136 valence electrons. The number of esters is 1. The van der Waals surface area contributed by atoms with Gasteiger partial charge in [-0.25, -0.2) is 0 Å². The molecule has 2 aromatic carbocycles. The number of aromatic nitrogens is 3. The van der Waals surface area contributed by atoms with Crippen molar-refractivity contribution in [3.63, 3.8) is 0 Å². The van der Waals surface area contributed by atoms with Crippen LogP contribution in [0.5, 0.6) is 0 Å². The van der Waals surface area contributed by atoms with Crippen LogP contribution in [0.2, 0.25) is 0 Å². The highest BCUT2D eigenvalue weighted by molar-refractivity contribution is 5.83. The molecule has 0 radical (unpaired) electrons. The molecule has 4 rings (SSSR count). The molecule has 0 fully saturated rings. The Kier molecular flexibility index (Phi) is 4.96. The van der Waals surface area contributed by atoms with Crippen LogP contribution in [0, 0.1) is 0 Å². The lowest BCUT2D eigenvalue weighted by Gasteiger charge is -2.02. The van der Waals surface area contributed by atoms with Gasteiger partial charge in [-0.05, 0) is 36.6 Å². The van der Waals surface area contributed by atoms with Crippen molar-refractivity contribution in [3.8, 4) is 11.5 Å². The average Bonchev–Trinajstić information content (AvgIpc) is 3.35. The van der Waals surface area contributed by atoms with E-state index in [4.69, 9.17) is 9.15 Å². The summed E-state index contributed by atoms with van der Waals surface area (Å²) in [6, 6.07) is 17.6. The zero-order chi connectivity index (χ0) is 18.5. The molecule has 0 amide bonds. The fraction of sp³-hybridized carbons (Fsp3) is 0.190. The molecular weight excluding hydrogens is 342 g/mol. The smallest absolute Gasteiger partial charge is 0.306 e. The first-order valence-corrected chi connectivity index (χ1v) is 8.88. The summed E-state index contributed by atoms with van der Waals surface area (Å²) in [4.78, 5) is 15.2. The molecule has 0 spiro atoms. The number of carbonyl (C=O) groups excluding carboxylic acids is 1. The van der Waals surface area contributed by atoms with Gasteiger partial charge in [-0.1, -0.05) is 36.4 Å². The Labute approximate surface area is 156 Å². The Balaban J connectivity index is 1.25. The Bertz CT molecular complexity index is 1040. The standard InChI is InChI=1S/C21H19N3O3/c25-20(12-6-9-16-13-22-18-11-5-4-10-17(16)18)26-14-19-23-24-21(27-19)15-7-2-1-3-8-15/h1-5,7-8,10-11,13,22H,6,9,12,14H2. The van der Waals surface area contributed by atoms with E-state index in [1.165, 1.54) is 10.9 Å². The lowest BCUT2D eigenvalue weighted by molar-refractivity contribution is -0.145. The number of benzene rings is 2. The van der Waals surface area contributed by atoms with Gasteiger partial charge in [-0.15, -0.1) is 10.2 Å². The number of aromatic amines is 1. The highest BCUT2D eigenvalue weighted by Crippen LogP contribution is 2.20. The lowest BCUT2D eigenvalue weighted by atomic mass is 10.1. The maximum Gasteiger partial charge on any atom is 0.306 e. The molecular formula is C21H19N3O3. The molecule has 0 atom stereocenters. The summed E-state index contributed by atoms with van der Waals surface area (Å²) in [6.07, 6.45) is 3.89. The monoisotopic (exact) mass is 361 g/mol. The quantitative estimate of drug-likeness (QED) is 0.497. The van der Waals surface area contributed by atoms with Crippen molar-refractivity contribution >= 4 is 16.9 Å². The number of rotatable bonds is 7. The van der Waals surface area contributed by atoms with Crippen LogP contribution in [-0.4, -0.2) is 21.2 Å². The predicted octanol–water partition coefficient (Wildman–Crippen LogP) is 4.28. The summed E-state index contributed by atoms with van der Waals surface area (Å²) in [5.74, 6) is 0.439. The molecule has 0 aliphatic rings. The van der Waals surface area contributed by atoms with E-state index in [-0.39, 0.29) is 12.6 Å². The Morgan fingerprint density at radius 2 is 1.85 bits per heavy atom. The average molecular weight is 361 g/mol. The number of nitrogens with zero attached hydrogens (tertiary/aromatic N) is 2. The number of nitrogens with one attached hydrogen (secondary N) is 1. The number of ether oxygens (including phenoxy) is 1. The Morgan fingerprint density at radius 1 is 1.04 bits per heavy atom. The Hall–Kier alpha value is -3.41. The fourth-order valence-electron chi connectivity index (χ4n) is 2.99. The number of fused-ring (bicyclic) bond motifs is 1. The van der Waals surface area contributed by atoms with E-state index >= 15 is 0 Å². The minimum Gasteiger partial charge on any atom is -0.456 e. The molecule has 0 aliphatic carbocycles. The van der Waals surface area contributed by atoms with Crippen molar-refractivity contribution in [2.45, 2.75) is 25.9 Å². The largest absolute Gasteiger partial charge is 0.456 e. The van der Waals surface area contributed by atoms with E-state index in [2.05, 4.69) is 21.2 Å². The Morgan fingerprint density at radius 3 is 2.74 bits per heavy atom. The second-order valence-corrected chi connectivity index (χ2v) is 6.24. The highest BCUT2D eigenvalue weighted by Gasteiger charge is 2.11. The van der Waals surface area contributed by atoms with Gasteiger partial charge in [-0.2, -0.15) is 0 Å². The molecule has 1 N–H and O–H groups in total. The van der Waals surface area contributed by atoms with Crippen LogP contribution >= 0.6 is 0 Å².